The summed E-state index contributed by atoms with van der Waals surface area (Å²) in [5.41, 5.74) is 1.18. The van der Waals surface area contributed by atoms with Gasteiger partial charge < -0.3 is 20.3 Å². The summed E-state index contributed by atoms with van der Waals surface area (Å²) in [6, 6.07) is 8.08. The van der Waals surface area contributed by atoms with Crippen LogP contribution in [0.5, 0.6) is 5.75 Å². The van der Waals surface area contributed by atoms with Crippen molar-refractivity contribution in [2.24, 2.45) is 4.99 Å². The van der Waals surface area contributed by atoms with Crippen molar-refractivity contribution in [1.29, 1.82) is 0 Å². The van der Waals surface area contributed by atoms with Crippen LogP contribution in [0.15, 0.2) is 29.3 Å². The molecule has 0 aliphatic carbocycles. The number of hydrogen-bond acceptors (Lipinski definition) is 3. The molecule has 25 heavy (non-hydrogen) atoms. The number of guanidine groups is 1. The lowest BCUT2D eigenvalue weighted by Gasteiger charge is -2.22. The lowest BCUT2D eigenvalue weighted by Crippen LogP contribution is -2.38. The smallest absolute Gasteiger partial charge is 0.221 e. The van der Waals surface area contributed by atoms with E-state index in [0.717, 1.165) is 37.8 Å². The first-order chi connectivity index (χ1) is 12.1. The number of nitrogens with one attached hydrogen (secondary N) is 2. The monoisotopic (exact) mass is 348 g/mol. The highest BCUT2D eigenvalue weighted by atomic mass is 16.5. The summed E-state index contributed by atoms with van der Waals surface area (Å²) in [5, 5.41) is 6.14. The third kappa shape index (κ3) is 8.42. The molecule has 0 atom stereocenters. The number of nitrogens with zero attached hydrogens (tertiary/aromatic N) is 2. The molecular formula is C19H32N4O2. The van der Waals surface area contributed by atoms with Gasteiger partial charge >= 0.3 is 0 Å². The lowest BCUT2D eigenvalue weighted by molar-refractivity contribution is -0.120. The molecule has 1 amide bonds. The first-order valence-corrected chi connectivity index (χ1v) is 9.08. The zero-order valence-electron chi connectivity index (χ0n) is 16.0. The fraction of sp³-hybridized carbons (Fsp3) is 0.579. The Labute approximate surface area is 151 Å². The van der Waals surface area contributed by atoms with Crippen LogP contribution in [0.2, 0.25) is 0 Å². The summed E-state index contributed by atoms with van der Waals surface area (Å²) in [6.07, 6.45) is 1.36. The number of hydrogen-bond donors (Lipinski definition) is 2. The maximum Gasteiger partial charge on any atom is 0.221 e. The highest BCUT2D eigenvalue weighted by Gasteiger charge is 2.07. The van der Waals surface area contributed by atoms with Gasteiger partial charge in [-0.3, -0.25) is 9.79 Å². The third-order valence-electron chi connectivity index (χ3n) is 3.52. The number of carbonyl (C=O) groups excluding carboxylic acids is 1. The number of rotatable bonds is 10. The van der Waals surface area contributed by atoms with Gasteiger partial charge in [-0.25, -0.2) is 0 Å². The van der Waals surface area contributed by atoms with Gasteiger partial charge in [0.25, 0.3) is 0 Å². The molecule has 140 valence electrons. The van der Waals surface area contributed by atoms with E-state index in [-0.39, 0.29) is 5.91 Å². The van der Waals surface area contributed by atoms with Crippen LogP contribution < -0.4 is 15.4 Å². The molecule has 0 saturated carbocycles. The molecule has 6 nitrogen and oxygen atoms in total. The van der Waals surface area contributed by atoms with Gasteiger partial charge in [-0.15, -0.1) is 0 Å². The molecule has 0 aliphatic rings. The highest BCUT2D eigenvalue weighted by Crippen LogP contribution is 2.13. The van der Waals surface area contributed by atoms with Crippen molar-refractivity contribution < 1.29 is 9.53 Å². The molecule has 0 aromatic heterocycles. The molecule has 1 rings (SSSR count). The highest BCUT2D eigenvalue weighted by molar-refractivity contribution is 5.80. The van der Waals surface area contributed by atoms with Crippen molar-refractivity contribution in [3.8, 4) is 5.75 Å². The second-order valence-corrected chi connectivity index (χ2v) is 5.77. The van der Waals surface area contributed by atoms with E-state index in [1.807, 2.05) is 40.0 Å². The fourth-order valence-corrected chi connectivity index (χ4v) is 2.29. The van der Waals surface area contributed by atoms with Crippen LogP contribution in [-0.4, -0.2) is 50.1 Å². The summed E-state index contributed by atoms with van der Waals surface area (Å²) in [7, 11) is 2.00. The van der Waals surface area contributed by atoms with Crippen molar-refractivity contribution in [3.63, 3.8) is 0 Å². The summed E-state index contributed by atoms with van der Waals surface area (Å²) >= 11 is 0. The summed E-state index contributed by atoms with van der Waals surface area (Å²) in [6.45, 7) is 9.44. The van der Waals surface area contributed by atoms with Crippen LogP contribution in [0.1, 0.15) is 39.2 Å². The first-order valence-electron chi connectivity index (χ1n) is 9.08. The van der Waals surface area contributed by atoms with Gasteiger partial charge in [0.15, 0.2) is 5.96 Å². The van der Waals surface area contributed by atoms with E-state index in [2.05, 4.69) is 32.7 Å². The zero-order chi connectivity index (χ0) is 18.5. The number of carbonyl (C=O) groups is 1. The molecule has 0 radical (unpaired) electrons. The number of ether oxygens (including phenoxy) is 1. The van der Waals surface area contributed by atoms with Gasteiger partial charge in [0.2, 0.25) is 5.91 Å². The number of benzene rings is 1. The van der Waals surface area contributed by atoms with Crippen molar-refractivity contribution in [2.45, 2.75) is 40.2 Å². The standard InChI is InChI=1S/C19H32N4O2/c1-5-13-21-18(24)12-14-22-19(20-6-2)23(4)15-16-8-10-17(11-9-16)25-7-3/h8-11H,5-7,12-15H2,1-4H3,(H,20,22)(H,21,24). The van der Waals surface area contributed by atoms with E-state index in [1.165, 1.54) is 5.56 Å². The average molecular weight is 348 g/mol. The Bertz CT molecular complexity index is 529. The van der Waals surface area contributed by atoms with E-state index >= 15 is 0 Å². The minimum atomic E-state index is 0.0515. The van der Waals surface area contributed by atoms with Crippen LogP contribution >= 0.6 is 0 Å². The summed E-state index contributed by atoms with van der Waals surface area (Å²) < 4.78 is 5.47. The minimum absolute atomic E-state index is 0.0515. The molecule has 0 unspecified atom stereocenters. The third-order valence-corrected chi connectivity index (χ3v) is 3.52. The van der Waals surface area contributed by atoms with Crippen molar-refractivity contribution in [3.05, 3.63) is 29.8 Å². The molecule has 2 N–H and O–H groups in total. The molecule has 0 saturated heterocycles. The van der Waals surface area contributed by atoms with Crippen molar-refractivity contribution >= 4 is 11.9 Å². The topological polar surface area (TPSA) is 66.0 Å². The second kappa shape index (κ2) is 12.2. The van der Waals surface area contributed by atoms with Crippen LogP contribution in [0.4, 0.5) is 0 Å². The first kappa shape index (κ1) is 20.8. The molecule has 1 aromatic carbocycles. The SMILES string of the molecule is CCCNC(=O)CCN=C(NCC)N(C)Cc1ccc(OCC)cc1. The number of amides is 1. The van der Waals surface area contributed by atoms with Gasteiger partial charge in [0.05, 0.1) is 13.2 Å². The Morgan fingerprint density at radius 3 is 2.48 bits per heavy atom. The van der Waals surface area contributed by atoms with E-state index in [9.17, 15) is 4.79 Å². The number of aliphatic imine (C=N–C) groups is 1. The zero-order valence-corrected chi connectivity index (χ0v) is 16.0. The summed E-state index contributed by atoms with van der Waals surface area (Å²) in [4.78, 5) is 18.3. The van der Waals surface area contributed by atoms with Gasteiger partial charge in [-0.05, 0) is 38.0 Å². The Morgan fingerprint density at radius 2 is 1.88 bits per heavy atom. The molecule has 1 aromatic rings. The molecule has 6 heteroatoms. The lowest BCUT2D eigenvalue weighted by atomic mass is 10.2. The minimum Gasteiger partial charge on any atom is -0.494 e. The molecule has 0 aliphatic heterocycles. The Morgan fingerprint density at radius 1 is 1.16 bits per heavy atom. The van der Waals surface area contributed by atoms with Crippen LogP contribution in [-0.2, 0) is 11.3 Å². The van der Waals surface area contributed by atoms with E-state index in [0.29, 0.717) is 19.6 Å². The molecule has 0 bridgehead atoms. The van der Waals surface area contributed by atoms with Gasteiger partial charge in [0.1, 0.15) is 5.75 Å². The van der Waals surface area contributed by atoms with Crippen LogP contribution in [0.3, 0.4) is 0 Å². The second-order valence-electron chi connectivity index (χ2n) is 5.77. The van der Waals surface area contributed by atoms with Crippen LogP contribution in [0.25, 0.3) is 0 Å². The molecule has 0 fully saturated rings. The predicted octanol–water partition coefficient (Wildman–Crippen LogP) is 2.40. The van der Waals surface area contributed by atoms with Crippen molar-refractivity contribution in [2.75, 3.05) is 33.3 Å². The van der Waals surface area contributed by atoms with Gasteiger partial charge in [-0.2, -0.15) is 0 Å². The van der Waals surface area contributed by atoms with Crippen LogP contribution in [0, 0.1) is 0 Å². The van der Waals surface area contributed by atoms with Gasteiger partial charge in [-0.1, -0.05) is 19.1 Å². The maximum atomic E-state index is 11.7. The Kier molecular flexibility index (Phi) is 10.1. The van der Waals surface area contributed by atoms with E-state index < -0.39 is 0 Å². The molecule has 0 heterocycles. The molecular weight excluding hydrogens is 316 g/mol. The fourth-order valence-electron chi connectivity index (χ4n) is 2.29. The van der Waals surface area contributed by atoms with E-state index in [4.69, 9.17) is 4.74 Å². The Hall–Kier alpha value is -2.24. The van der Waals surface area contributed by atoms with Gasteiger partial charge in [0, 0.05) is 33.1 Å². The van der Waals surface area contributed by atoms with Crippen molar-refractivity contribution in [1.82, 2.24) is 15.5 Å². The van der Waals surface area contributed by atoms with E-state index in [1.54, 1.807) is 0 Å². The maximum absolute atomic E-state index is 11.7. The molecule has 0 spiro atoms. The normalized spacial score (nSPS) is 11.1. The summed E-state index contributed by atoms with van der Waals surface area (Å²) in [5.74, 6) is 1.74. The predicted molar refractivity (Wildman–Crippen MR) is 103 cm³/mol. The quantitative estimate of drug-likeness (QED) is 0.503. The average Bonchev–Trinajstić information content (AvgIpc) is 2.61. The largest absolute Gasteiger partial charge is 0.494 e. The Balaban J connectivity index is 2.57.